The number of esters is 1. The number of nitrogens with one attached hydrogen (secondary N) is 1. The number of ether oxygens (including phenoxy) is 1. The van der Waals surface area contributed by atoms with Crippen LogP contribution >= 0.6 is 0 Å². The van der Waals surface area contributed by atoms with Gasteiger partial charge in [0.05, 0.1) is 0 Å². The van der Waals surface area contributed by atoms with Gasteiger partial charge in [0, 0.05) is 17.7 Å². The van der Waals surface area contributed by atoms with Gasteiger partial charge in [-0.05, 0) is 6.07 Å². The highest BCUT2D eigenvalue weighted by molar-refractivity contribution is 5.93. The Morgan fingerprint density at radius 1 is 1.13 bits per heavy atom. The predicted molar refractivity (Wildman–Crippen MR) is 74.2 cm³/mol. The monoisotopic (exact) mass is 381 g/mol. The van der Waals surface area contributed by atoms with Crippen LogP contribution in [-0.4, -0.2) is 45.3 Å². The predicted octanol–water partition coefficient (Wildman–Crippen LogP) is -11.7. The molecule has 5 nitrogen and oxygen atoms in total. The molecule has 8 heteroatoms. The van der Waals surface area contributed by atoms with Crippen LogP contribution < -0.4 is 52.8 Å². The highest BCUT2D eigenvalue weighted by atomic mass is 35.5. The number of hydrogen-bond acceptors (Lipinski definition) is 2. The first-order valence-corrected chi connectivity index (χ1v) is 7.31. The third-order valence-electron chi connectivity index (χ3n) is 3.95. The molecule has 1 aromatic carbocycles. The SMILES string of the molecule is O=C(OCC[NH+]1CC[NH2+]CC1)C1=Cc2ccccc2[NH2+]1.[Cl-].[Cl-].[Cl-]. The molecule has 0 saturated carbocycles. The molecular formula is C15H22Cl3N3O2. The number of nitrogens with two attached hydrogens (primary N) is 2. The average molecular weight is 383 g/mol. The summed E-state index contributed by atoms with van der Waals surface area (Å²) in [5.74, 6) is -0.204. The lowest BCUT2D eigenvalue weighted by molar-refractivity contribution is -0.946. The topological polar surface area (TPSA) is 64.0 Å². The summed E-state index contributed by atoms with van der Waals surface area (Å²) in [6.07, 6.45) is 1.90. The Hall–Kier alpha value is -0.820. The van der Waals surface area contributed by atoms with Crippen LogP contribution in [0.2, 0.25) is 0 Å². The number of fused-ring (bicyclic) bond motifs is 1. The molecule has 1 fully saturated rings. The zero-order valence-corrected chi connectivity index (χ0v) is 15.0. The zero-order chi connectivity index (χ0) is 13.8. The summed E-state index contributed by atoms with van der Waals surface area (Å²) in [6.45, 7) is 6.11. The van der Waals surface area contributed by atoms with E-state index in [9.17, 15) is 4.79 Å². The lowest BCUT2D eigenvalue weighted by Crippen LogP contribution is -3.20. The fourth-order valence-electron chi connectivity index (χ4n) is 2.77. The molecule has 0 aromatic heterocycles. The Kier molecular flexibility index (Phi) is 10.5. The maximum Gasteiger partial charge on any atom is 0.393 e. The number of benzene rings is 1. The van der Waals surface area contributed by atoms with E-state index >= 15 is 0 Å². The minimum atomic E-state index is -0.204. The number of halogens is 3. The van der Waals surface area contributed by atoms with Gasteiger partial charge in [0.2, 0.25) is 5.70 Å². The maximum atomic E-state index is 12.0. The van der Waals surface area contributed by atoms with E-state index in [4.69, 9.17) is 4.74 Å². The van der Waals surface area contributed by atoms with Gasteiger partial charge in [-0.2, -0.15) is 0 Å². The van der Waals surface area contributed by atoms with Crippen molar-refractivity contribution in [1.82, 2.24) is 0 Å². The quantitative estimate of drug-likeness (QED) is 0.358. The Bertz CT molecular complexity index is 534. The minimum Gasteiger partial charge on any atom is -1.00 e. The molecule has 2 aliphatic heterocycles. The van der Waals surface area contributed by atoms with Crippen LogP contribution in [0.4, 0.5) is 5.69 Å². The van der Waals surface area contributed by atoms with Crippen molar-refractivity contribution in [2.45, 2.75) is 0 Å². The third-order valence-corrected chi connectivity index (χ3v) is 3.95. The molecule has 23 heavy (non-hydrogen) atoms. The van der Waals surface area contributed by atoms with E-state index < -0.39 is 0 Å². The molecule has 2 heterocycles. The largest absolute Gasteiger partial charge is 1.00 e. The molecule has 2 aliphatic rings. The molecule has 0 amide bonds. The molecule has 5 N–H and O–H groups in total. The summed E-state index contributed by atoms with van der Waals surface area (Å²) >= 11 is 0. The first kappa shape index (κ1) is 22.2. The molecular weight excluding hydrogens is 361 g/mol. The van der Waals surface area contributed by atoms with Crippen molar-refractivity contribution in [1.29, 1.82) is 0 Å². The van der Waals surface area contributed by atoms with Crippen molar-refractivity contribution in [3.8, 4) is 0 Å². The molecule has 0 spiro atoms. The summed E-state index contributed by atoms with van der Waals surface area (Å²) in [5, 5.41) is 4.24. The molecule has 3 rings (SSSR count). The lowest BCUT2D eigenvalue weighted by Gasteiger charge is -2.21. The Morgan fingerprint density at radius 3 is 2.52 bits per heavy atom. The van der Waals surface area contributed by atoms with Crippen LogP contribution in [0.3, 0.4) is 0 Å². The molecule has 0 bridgehead atoms. The first-order valence-electron chi connectivity index (χ1n) is 7.31. The molecule has 0 atom stereocenters. The molecule has 1 saturated heterocycles. The van der Waals surface area contributed by atoms with Gasteiger partial charge in [-0.15, -0.1) is 0 Å². The van der Waals surface area contributed by atoms with Crippen molar-refractivity contribution in [2.75, 3.05) is 39.3 Å². The van der Waals surface area contributed by atoms with E-state index in [1.54, 1.807) is 0 Å². The summed E-state index contributed by atoms with van der Waals surface area (Å²) in [4.78, 5) is 13.6. The van der Waals surface area contributed by atoms with Crippen LogP contribution in [0.25, 0.3) is 6.08 Å². The second kappa shape index (κ2) is 10.9. The van der Waals surface area contributed by atoms with Crippen molar-refractivity contribution in [2.24, 2.45) is 0 Å². The molecule has 1 aromatic rings. The summed E-state index contributed by atoms with van der Waals surface area (Å²) in [5.41, 5.74) is 2.85. The van der Waals surface area contributed by atoms with E-state index in [0.29, 0.717) is 12.3 Å². The van der Waals surface area contributed by atoms with E-state index in [2.05, 4.69) is 5.32 Å². The summed E-state index contributed by atoms with van der Waals surface area (Å²) in [7, 11) is 0. The highest BCUT2D eigenvalue weighted by Crippen LogP contribution is 2.18. The van der Waals surface area contributed by atoms with Gasteiger partial charge in [0.15, 0.2) is 0 Å². The smallest absolute Gasteiger partial charge is 0.393 e. The van der Waals surface area contributed by atoms with Crippen LogP contribution in [0.5, 0.6) is 0 Å². The van der Waals surface area contributed by atoms with Crippen LogP contribution in [0.1, 0.15) is 5.56 Å². The van der Waals surface area contributed by atoms with Crippen molar-refractivity contribution < 1.29 is 62.3 Å². The standard InChI is InChI=1S/C15H19N3O2.3ClH/c19-15(20-10-9-18-7-5-16-6-8-18)14-11-12-3-1-2-4-13(12)17-14;;;/h1-4,11,16-17H,5-10H2;3*1H. The van der Waals surface area contributed by atoms with Crippen LogP contribution in [0.15, 0.2) is 30.0 Å². The molecule has 0 unspecified atom stereocenters. The number of piperazine rings is 1. The van der Waals surface area contributed by atoms with Gasteiger partial charge in [-0.1, -0.05) is 12.1 Å². The fourth-order valence-corrected chi connectivity index (χ4v) is 2.77. The Balaban J connectivity index is 0.00000161. The number of para-hydroxylation sites is 1. The van der Waals surface area contributed by atoms with Crippen molar-refractivity contribution >= 4 is 17.7 Å². The number of carbonyl (C=O) groups is 1. The summed E-state index contributed by atoms with van der Waals surface area (Å²) in [6, 6.07) is 7.99. The van der Waals surface area contributed by atoms with E-state index in [1.165, 1.54) is 18.0 Å². The Morgan fingerprint density at radius 2 is 1.83 bits per heavy atom. The van der Waals surface area contributed by atoms with Gasteiger partial charge in [0.25, 0.3) is 0 Å². The normalized spacial score (nSPS) is 16.1. The van der Waals surface area contributed by atoms with Crippen LogP contribution in [-0.2, 0) is 9.53 Å². The lowest BCUT2D eigenvalue weighted by atomic mass is 10.2. The second-order valence-corrected chi connectivity index (χ2v) is 5.37. The molecule has 130 valence electrons. The fraction of sp³-hybridized carbons (Fsp3) is 0.400. The third kappa shape index (κ3) is 5.95. The average Bonchev–Trinajstić information content (AvgIpc) is 2.92. The van der Waals surface area contributed by atoms with Gasteiger partial charge < -0.3 is 52.2 Å². The number of carbonyl (C=O) groups excluding carboxylic acids is 1. The van der Waals surface area contributed by atoms with Crippen molar-refractivity contribution in [3.05, 3.63) is 35.5 Å². The first-order chi connectivity index (χ1) is 9.83. The van der Waals surface area contributed by atoms with Gasteiger partial charge in [-0.25, -0.2) is 4.79 Å². The molecule has 0 aliphatic carbocycles. The second-order valence-electron chi connectivity index (χ2n) is 5.37. The van der Waals surface area contributed by atoms with Crippen LogP contribution in [0, 0.1) is 0 Å². The Labute approximate surface area is 155 Å². The number of quaternary nitrogens is 3. The van der Waals surface area contributed by atoms with E-state index in [-0.39, 0.29) is 43.2 Å². The van der Waals surface area contributed by atoms with Gasteiger partial charge in [-0.3, -0.25) is 5.32 Å². The van der Waals surface area contributed by atoms with Crippen molar-refractivity contribution in [3.63, 3.8) is 0 Å². The minimum absolute atomic E-state index is 0. The maximum absolute atomic E-state index is 12.0. The van der Waals surface area contributed by atoms with Gasteiger partial charge in [0.1, 0.15) is 45.0 Å². The number of hydrogen-bond donors (Lipinski definition) is 3. The molecule has 0 radical (unpaired) electrons. The summed E-state index contributed by atoms with van der Waals surface area (Å²) < 4.78 is 5.39. The van der Waals surface area contributed by atoms with Gasteiger partial charge >= 0.3 is 5.97 Å². The highest BCUT2D eigenvalue weighted by Gasteiger charge is 2.25. The zero-order valence-electron chi connectivity index (χ0n) is 12.7. The van der Waals surface area contributed by atoms with E-state index in [0.717, 1.165) is 30.9 Å². The number of rotatable bonds is 4. The van der Waals surface area contributed by atoms with E-state index in [1.807, 2.05) is 35.7 Å².